The molecule has 7 nitrogen and oxygen atoms in total. The number of nitro groups is 1. The largest absolute Gasteiger partial charge is 0.320 e. The SMILES string of the molecule is C=N/C=C1/C=C(c2cc([N+](=O)[O-])ccc2C)NC(=O)C1=NCSC. The summed E-state index contributed by atoms with van der Waals surface area (Å²) >= 11 is 1.49. The molecule has 124 valence electrons. The number of amides is 1. The molecule has 1 aromatic carbocycles. The molecule has 0 aliphatic carbocycles. The maximum Gasteiger partial charge on any atom is 0.274 e. The van der Waals surface area contributed by atoms with Crippen LogP contribution in [0.5, 0.6) is 0 Å². The second-order valence-electron chi connectivity index (χ2n) is 4.96. The Bertz CT molecular complexity index is 797. The first-order chi connectivity index (χ1) is 11.5. The van der Waals surface area contributed by atoms with Crippen molar-refractivity contribution < 1.29 is 9.72 Å². The molecule has 0 unspecified atom stereocenters. The molecule has 1 aliphatic heterocycles. The molecule has 1 amide bonds. The van der Waals surface area contributed by atoms with E-state index in [4.69, 9.17) is 0 Å². The van der Waals surface area contributed by atoms with Crippen LogP contribution in [0.4, 0.5) is 5.69 Å². The second-order valence-corrected chi connectivity index (χ2v) is 5.80. The Morgan fingerprint density at radius 1 is 1.46 bits per heavy atom. The van der Waals surface area contributed by atoms with Gasteiger partial charge in [-0.15, -0.1) is 11.8 Å². The summed E-state index contributed by atoms with van der Waals surface area (Å²) < 4.78 is 0. The van der Waals surface area contributed by atoms with E-state index in [1.165, 1.54) is 30.1 Å². The first-order valence-electron chi connectivity index (χ1n) is 6.96. The lowest BCUT2D eigenvalue weighted by molar-refractivity contribution is -0.384. The quantitative estimate of drug-likeness (QED) is 0.504. The summed E-state index contributed by atoms with van der Waals surface area (Å²) in [4.78, 5) is 30.8. The van der Waals surface area contributed by atoms with Crippen LogP contribution < -0.4 is 5.32 Å². The summed E-state index contributed by atoms with van der Waals surface area (Å²) in [5.74, 6) is 0.0679. The smallest absolute Gasteiger partial charge is 0.274 e. The highest BCUT2D eigenvalue weighted by Gasteiger charge is 2.24. The zero-order valence-corrected chi connectivity index (χ0v) is 14.1. The van der Waals surface area contributed by atoms with Gasteiger partial charge in [-0.2, -0.15) is 0 Å². The fraction of sp³-hybridized carbons (Fsp3) is 0.188. The third-order valence-corrected chi connectivity index (χ3v) is 3.73. The fourth-order valence-corrected chi connectivity index (χ4v) is 2.48. The number of carbonyl (C=O) groups excluding carboxylic acids is 1. The van der Waals surface area contributed by atoms with Crippen LogP contribution in [0.25, 0.3) is 5.70 Å². The number of aliphatic imine (C=N–C) groups is 2. The van der Waals surface area contributed by atoms with Gasteiger partial charge in [-0.25, -0.2) is 0 Å². The van der Waals surface area contributed by atoms with E-state index < -0.39 is 4.92 Å². The number of nitrogens with one attached hydrogen (secondary N) is 1. The summed E-state index contributed by atoms with van der Waals surface area (Å²) in [7, 11) is 0. The van der Waals surface area contributed by atoms with Gasteiger partial charge in [0.05, 0.1) is 10.8 Å². The van der Waals surface area contributed by atoms with Gasteiger partial charge in [0.1, 0.15) is 5.71 Å². The van der Waals surface area contributed by atoms with Gasteiger partial charge in [-0.1, -0.05) is 6.07 Å². The van der Waals surface area contributed by atoms with E-state index in [9.17, 15) is 14.9 Å². The van der Waals surface area contributed by atoms with E-state index in [1.807, 2.05) is 13.2 Å². The summed E-state index contributed by atoms with van der Waals surface area (Å²) in [6.45, 7) is 5.23. The number of hydrogen-bond acceptors (Lipinski definition) is 6. The van der Waals surface area contributed by atoms with Crippen molar-refractivity contribution in [2.24, 2.45) is 9.98 Å². The van der Waals surface area contributed by atoms with E-state index >= 15 is 0 Å². The molecule has 1 N–H and O–H groups in total. The second kappa shape index (κ2) is 7.69. The molecule has 1 aromatic rings. The Hall–Kier alpha value is -2.74. The highest BCUT2D eigenvalue weighted by Crippen LogP contribution is 2.26. The van der Waals surface area contributed by atoms with E-state index in [0.717, 1.165) is 5.56 Å². The molecular weight excluding hydrogens is 328 g/mol. The number of rotatable bonds is 5. The molecule has 0 aromatic heterocycles. The van der Waals surface area contributed by atoms with Crippen LogP contribution >= 0.6 is 11.8 Å². The number of hydrogen-bond donors (Lipinski definition) is 1. The van der Waals surface area contributed by atoms with E-state index in [1.54, 1.807) is 12.1 Å². The molecule has 24 heavy (non-hydrogen) atoms. The van der Waals surface area contributed by atoms with Crippen LogP contribution in [-0.4, -0.2) is 35.4 Å². The van der Waals surface area contributed by atoms with Gasteiger partial charge in [-0.05, 0) is 31.5 Å². The number of allylic oxidation sites excluding steroid dienone is 1. The monoisotopic (exact) mass is 344 g/mol. The van der Waals surface area contributed by atoms with Crippen molar-refractivity contribution in [3.63, 3.8) is 0 Å². The standard InChI is InChI=1S/C16H16N4O3S/c1-10-4-5-12(20(22)23)7-13(10)14-6-11(8-17-2)15(16(21)19-14)18-9-24-3/h4-8H,2,9H2,1,3H3,(H,19,21)/b11-8-,18-15?. The lowest BCUT2D eigenvalue weighted by Crippen LogP contribution is -2.35. The maximum atomic E-state index is 12.4. The molecule has 8 heteroatoms. The molecule has 0 atom stereocenters. The molecular formula is C16H16N4O3S. The van der Waals surface area contributed by atoms with Gasteiger partial charge in [0, 0.05) is 35.2 Å². The summed E-state index contributed by atoms with van der Waals surface area (Å²) in [6, 6.07) is 4.51. The number of thioether (sulfide) groups is 1. The van der Waals surface area contributed by atoms with Crippen LogP contribution in [-0.2, 0) is 4.79 Å². The molecule has 1 aliphatic rings. The van der Waals surface area contributed by atoms with Crippen molar-refractivity contribution in [3.05, 3.63) is 57.3 Å². The van der Waals surface area contributed by atoms with Gasteiger partial charge in [0.25, 0.3) is 11.6 Å². The number of benzene rings is 1. The molecule has 2 rings (SSSR count). The first kappa shape index (κ1) is 17.6. The summed E-state index contributed by atoms with van der Waals surface area (Å²) in [6.07, 6.45) is 5.03. The highest BCUT2D eigenvalue weighted by molar-refractivity contribution is 7.98. The van der Waals surface area contributed by atoms with Gasteiger partial charge < -0.3 is 5.32 Å². The van der Waals surface area contributed by atoms with Crippen molar-refractivity contribution in [3.8, 4) is 0 Å². The van der Waals surface area contributed by atoms with Crippen LogP contribution in [0.15, 0.2) is 46.0 Å². The number of aryl methyl sites for hydroxylation is 1. The van der Waals surface area contributed by atoms with Crippen molar-refractivity contribution in [2.75, 3.05) is 12.1 Å². The zero-order valence-electron chi connectivity index (χ0n) is 13.3. The molecule has 0 radical (unpaired) electrons. The molecule has 0 bridgehead atoms. The number of nitrogens with zero attached hydrogens (tertiary/aromatic N) is 3. The normalized spacial score (nSPS) is 17.6. The average Bonchev–Trinajstić information content (AvgIpc) is 2.54. The predicted molar refractivity (Wildman–Crippen MR) is 97.4 cm³/mol. The van der Waals surface area contributed by atoms with Crippen molar-refractivity contribution in [2.45, 2.75) is 6.92 Å². The van der Waals surface area contributed by atoms with Crippen LogP contribution in [0, 0.1) is 17.0 Å². The Morgan fingerprint density at radius 2 is 2.21 bits per heavy atom. The third-order valence-electron chi connectivity index (χ3n) is 3.34. The highest BCUT2D eigenvalue weighted by atomic mass is 32.2. The van der Waals surface area contributed by atoms with Crippen molar-refractivity contribution >= 4 is 41.5 Å². The number of nitro benzene ring substituents is 1. The summed E-state index contributed by atoms with van der Waals surface area (Å²) in [5, 5.41) is 13.7. The van der Waals surface area contributed by atoms with Gasteiger partial charge in [0.15, 0.2) is 0 Å². The Labute approximate surface area is 143 Å². The topological polar surface area (TPSA) is 97.0 Å². The molecule has 0 fully saturated rings. The summed E-state index contributed by atoms with van der Waals surface area (Å²) in [5.41, 5.74) is 2.60. The van der Waals surface area contributed by atoms with Gasteiger partial charge in [-0.3, -0.25) is 24.9 Å². The van der Waals surface area contributed by atoms with Crippen LogP contribution in [0.1, 0.15) is 11.1 Å². The Morgan fingerprint density at radius 3 is 2.83 bits per heavy atom. The molecule has 0 saturated heterocycles. The average molecular weight is 344 g/mol. The minimum absolute atomic E-state index is 0.0417. The third kappa shape index (κ3) is 3.77. The predicted octanol–water partition coefficient (Wildman–Crippen LogP) is 2.72. The maximum absolute atomic E-state index is 12.4. The Balaban J connectivity index is 2.54. The lowest BCUT2D eigenvalue weighted by Gasteiger charge is -2.19. The lowest BCUT2D eigenvalue weighted by atomic mass is 9.98. The minimum Gasteiger partial charge on any atom is -0.320 e. The van der Waals surface area contributed by atoms with E-state index in [2.05, 4.69) is 22.0 Å². The Kier molecular flexibility index (Phi) is 5.64. The van der Waals surface area contributed by atoms with E-state index in [0.29, 0.717) is 22.7 Å². The fourth-order valence-electron chi connectivity index (χ4n) is 2.22. The van der Waals surface area contributed by atoms with Crippen molar-refractivity contribution in [1.29, 1.82) is 0 Å². The van der Waals surface area contributed by atoms with Crippen LogP contribution in [0.3, 0.4) is 0 Å². The van der Waals surface area contributed by atoms with E-state index in [-0.39, 0.29) is 17.3 Å². The zero-order chi connectivity index (χ0) is 17.7. The van der Waals surface area contributed by atoms with Gasteiger partial charge in [0.2, 0.25) is 0 Å². The number of carbonyl (C=O) groups is 1. The number of non-ortho nitro benzene ring substituents is 1. The molecule has 0 saturated carbocycles. The van der Waals surface area contributed by atoms with Crippen molar-refractivity contribution in [1.82, 2.24) is 5.32 Å². The van der Waals surface area contributed by atoms with Gasteiger partial charge >= 0.3 is 0 Å². The van der Waals surface area contributed by atoms with Crippen LogP contribution in [0.2, 0.25) is 0 Å². The first-order valence-corrected chi connectivity index (χ1v) is 8.35. The molecule has 0 spiro atoms. The molecule has 1 heterocycles. The minimum atomic E-state index is -0.471.